The van der Waals surface area contributed by atoms with Crippen LogP contribution >= 0.6 is 0 Å². The van der Waals surface area contributed by atoms with Crippen LogP contribution in [0.2, 0.25) is 0 Å². The van der Waals surface area contributed by atoms with Crippen molar-refractivity contribution < 1.29 is 14.5 Å². The first-order valence-electron chi connectivity index (χ1n) is 13.3. The molecule has 3 aliphatic carbocycles. The van der Waals surface area contributed by atoms with Gasteiger partial charge in [-0.15, -0.1) is 0 Å². The third kappa shape index (κ3) is 3.84. The Balaban J connectivity index is 1.14. The van der Waals surface area contributed by atoms with Crippen molar-refractivity contribution in [3.63, 3.8) is 0 Å². The maximum atomic E-state index is 12.6. The number of rotatable bonds is 7. The number of imidazole rings is 1. The van der Waals surface area contributed by atoms with Crippen molar-refractivity contribution in [3.05, 3.63) is 46.0 Å². The van der Waals surface area contributed by atoms with Gasteiger partial charge in [0.05, 0.1) is 17.9 Å². The molecule has 0 saturated heterocycles. The molecule has 37 heavy (non-hydrogen) atoms. The molecule has 1 aromatic carbocycles. The van der Waals surface area contributed by atoms with Crippen LogP contribution in [0.1, 0.15) is 68.9 Å². The van der Waals surface area contributed by atoms with Crippen molar-refractivity contribution in [3.8, 4) is 5.75 Å². The van der Waals surface area contributed by atoms with Crippen LogP contribution in [-0.4, -0.2) is 36.8 Å². The highest BCUT2D eigenvalue weighted by Gasteiger charge is 2.55. The summed E-state index contributed by atoms with van der Waals surface area (Å²) in [6, 6.07) is 3.84. The van der Waals surface area contributed by atoms with Crippen molar-refractivity contribution in [2.75, 3.05) is 12.3 Å². The van der Waals surface area contributed by atoms with E-state index < -0.39 is 0 Å². The number of ether oxygens (including phenoxy) is 1. The first kappa shape index (κ1) is 23.8. The molecule has 0 amide bonds. The van der Waals surface area contributed by atoms with Crippen LogP contribution in [0.25, 0.3) is 11.2 Å². The molecule has 10 nitrogen and oxygen atoms in total. The van der Waals surface area contributed by atoms with Crippen LogP contribution < -0.4 is 10.5 Å². The van der Waals surface area contributed by atoms with Crippen LogP contribution in [0, 0.1) is 27.4 Å². The topological polar surface area (TPSA) is 139 Å². The number of fused-ring (bicyclic) bond motifs is 6. The highest BCUT2D eigenvalue weighted by Crippen LogP contribution is 2.60. The molecule has 0 spiro atoms. The van der Waals surface area contributed by atoms with Crippen LogP contribution in [0.4, 0.5) is 11.5 Å². The molecule has 3 aromatic rings. The predicted octanol–water partition coefficient (Wildman–Crippen LogP) is 4.60. The van der Waals surface area contributed by atoms with Crippen molar-refractivity contribution in [2.24, 2.45) is 17.3 Å². The molecular weight excluding hydrogens is 472 g/mol. The number of nitrogen functional groups attached to an aromatic ring is 1. The van der Waals surface area contributed by atoms with Gasteiger partial charge < -0.3 is 15.0 Å². The third-order valence-corrected chi connectivity index (χ3v) is 9.22. The third-order valence-electron chi connectivity index (χ3n) is 9.22. The number of hydrogen-bond acceptors (Lipinski definition) is 8. The van der Waals surface area contributed by atoms with Crippen LogP contribution in [-0.2, 0) is 17.8 Å². The number of benzene rings is 1. The number of carbonyl (C=O) groups is 1. The first-order valence-corrected chi connectivity index (χ1v) is 13.3. The summed E-state index contributed by atoms with van der Waals surface area (Å²) in [7, 11) is 0. The van der Waals surface area contributed by atoms with Gasteiger partial charge in [-0.3, -0.25) is 14.9 Å². The Kier molecular flexibility index (Phi) is 5.84. The number of nitro groups is 1. The Hall–Kier alpha value is -3.56. The molecule has 2 heterocycles. The quantitative estimate of drug-likeness (QED) is 0.280. The van der Waals surface area contributed by atoms with E-state index in [1.165, 1.54) is 6.33 Å². The highest BCUT2D eigenvalue weighted by molar-refractivity contribution is 5.87. The fourth-order valence-corrected chi connectivity index (χ4v) is 7.34. The Labute approximate surface area is 214 Å². The Morgan fingerprint density at radius 3 is 2.89 bits per heavy atom. The van der Waals surface area contributed by atoms with Gasteiger partial charge in [0.25, 0.3) is 0 Å². The summed E-state index contributed by atoms with van der Waals surface area (Å²) in [6.07, 6.45) is 9.69. The molecule has 4 atom stereocenters. The number of Topliss-reactive ketones (excluding diaryl/α,β-unsaturated/α-hetero) is 1. The minimum absolute atomic E-state index is 0.125. The van der Waals surface area contributed by atoms with Gasteiger partial charge in [0.1, 0.15) is 17.6 Å². The molecule has 2 N–H and O–H groups in total. The molecule has 2 aromatic heterocycles. The van der Waals surface area contributed by atoms with Gasteiger partial charge in [-0.25, -0.2) is 15.0 Å². The van der Waals surface area contributed by atoms with E-state index in [0.29, 0.717) is 72.3 Å². The van der Waals surface area contributed by atoms with E-state index in [9.17, 15) is 14.9 Å². The Morgan fingerprint density at radius 1 is 1.19 bits per heavy atom. The van der Waals surface area contributed by atoms with Crippen LogP contribution in [0.5, 0.6) is 5.75 Å². The fourth-order valence-electron chi connectivity index (χ4n) is 7.34. The molecular formula is C27H32N6O4. The van der Waals surface area contributed by atoms with Crippen LogP contribution in [0.15, 0.2) is 24.8 Å². The predicted molar refractivity (Wildman–Crippen MR) is 137 cm³/mol. The lowest BCUT2D eigenvalue weighted by Gasteiger charge is -2.48. The average Bonchev–Trinajstić information content (AvgIpc) is 3.44. The molecule has 4 unspecified atom stereocenters. The normalized spacial score (nSPS) is 26.5. The maximum absolute atomic E-state index is 12.6. The van der Waals surface area contributed by atoms with Gasteiger partial charge >= 0.3 is 5.69 Å². The summed E-state index contributed by atoms with van der Waals surface area (Å²) in [6.45, 7) is 3.23. The number of ketones is 1. The molecule has 3 aliphatic rings. The molecule has 2 saturated carbocycles. The number of aromatic nitrogens is 4. The lowest BCUT2D eigenvalue weighted by Crippen LogP contribution is -2.42. The van der Waals surface area contributed by atoms with Gasteiger partial charge in [0.2, 0.25) is 0 Å². The summed E-state index contributed by atoms with van der Waals surface area (Å²) in [4.78, 5) is 37.0. The van der Waals surface area contributed by atoms with E-state index >= 15 is 0 Å². The largest absolute Gasteiger partial charge is 0.487 e. The highest BCUT2D eigenvalue weighted by atomic mass is 16.6. The van der Waals surface area contributed by atoms with Gasteiger partial charge in [-0.2, -0.15) is 0 Å². The molecule has 194 valence electrons. The zero-order valence-corrected chi connectivity index (χ0v) is 21.1. The summed E-state index contributed by atoms with van der Waals surface area (Å²) in [5, 5.41) is 12.2. The monoisotopic (exact) mass is 504 g/mol. The van der Waals surface area contributed by atoms with Crippen molar-refractivity contribution in [1.29, 1.82) is 0 Å². The number of unbranched alkanes of at least 4 members (excludes halogenated alkanes) is 1. The van der Waals surface area contributed by atoms with E-state index in [-0.39, 0.29) is 16.0 Å². The number of nitrogens with two attached hydrogens (primary N) is 1. The maximum Gasteiger partial charge on any atom is 0.314 e. The lowest BCUT2D eigenvalue weighted by atomic mass is 9.55. The average molecular weight is 505 g/mol. The lowest BCUT2D eigenvalue weighted by molar-refractivity contribution is -0.386. The summed E-state index contributed by atoms with van der Waals surface area (Å²) in [5.74, 6) is 2.25. The van der Waals surface area contributed by atoms with Crippen molar-refractivity contribution >= 4 is 28.5 Å². The molecule has 6 rings (SSSR count). The van der Waals surface area contributed by atoms with E-state index in [2.05, 4.69) is 27.9 Å². The van der Waals surface area contributed by atoms with Crippen molar-refractivity contribution in [1.82, 2.24) is 19.5 Å². The summed E-state index contributed by atoms with van der Waals surface area (Å²) < 4.78 is 7.90. The molecule has 0 bridgehead atoms. The smallest absolute Gasteiger partial charge is 0.314 e. The standard InChI is InChI=1S/C27H32N6O4/c1-27-11-10-17-16-6-8-21(24(33(35)36)19(16)5-4-18(17)20(27)7-9-22(27)34)37-13-3-2-12-32-15-31-23-25(28)29-14-30-26(23)32/h6,8,14-15,17-18,20H,2-5,7,9-13H2,1H3,(H2,28,29,30). The minimum atomic E-state index is -0.276. The first-order chi connectivity index (χ1) is 17.9. The molecule has 0 radical (unpaired) electrons. The molecule has 2 fully saturated rings. The van der Waals surface area contributed by atoms with E-state index in [1.807, 2.05) is 4.57 Å². The Bertz CT molecular complexity index is 1390. The second kappa shape index (κ2) is 9.08. The molecule has 0 aliphatic heterocycles. The van der Waals surface area contributed by atoms with Crippen molar-refractivity contribution in [2.45, 2.75) is 70.8 Å². The minimum Gasteiger partial charge on any atom is -0.487 e. The number of nitrogens with zero attached hydrogens (tertiary/aromatic N) is 5. The SMILES string of the molecule is CC12CCC3c4ccc(OCCCCn5cnc6c(N)ncnc65)c([N+](=O)[O-])c4CCC3C1CCC2=O. The Morgan fingerprint density at radius 2 is 2.05 bits per heavy atom. The van der Waals surface area contributed by atoms with Crippen LogP contribution in [0.3, 0.4) is 0 Å². The summed E-state index contributed by atoms with van der Waals surface area (Å²) in [5.41, 5.74) is 9.00. The second-order valence-corrected chi connectivity index (χ2v) is 11.0. The molecule has 10 heteroatoms. The second-order valence-electron chi connectivity index (χ2n) is 11.0. The zero-order chi connectivity index (χ0) is 25.7. The summed E-state index contributed by atoms with van der Waals surface area (Å²) >= 11 is 0. The fraction of sp³-hybridized carbons (Fsp3) is 0.556. The van der Waals surface area contributed by atoms with Gasteiger partial charge in [0.15, 0.2) is 17.2 Å². The number of nitro benzene ring substituents is 1. The van der Waals surface area contributed by atoms with E-state index in [0.717, 1.165) is 49.7 Å². The number of aryl methyl sites for hydroxylation is 1. The van der Waals surface area contributed by atoms with Gasteiger partial charge in [-0.1, -0.05) is 13.0 Å². The zero-order valence-electron chi connectivity index (χ0n) is 21.1. The van der Waals surface area contributed by atoms with Gasteiger partial charge in [0, 0.05) is 23.9 Å². The van der Waals surface area contributed by atoms with E-state index in [4.69, 9.17) is 10.5 Å². The number of hydrogen-bond donors (Lipinski definition) is 1. The van der Waals surface area contributed by atoms with Gasteiger partial charge in [-0.05, 0) is 74.3 Å². The van der Waals surface area contributed by atoms with E-state index in [1.54, 1.807) is 12.4 Å². The number of carbonyl (C=O) groups excluding carboxylic acids is 1. The number of anilines is 1.